The second-order valence-corrected chi connectivity index (χ2v) is 13.3. The number of aldehydes is 1. The predicted molar refractivity (Wildman–Crippen MR) is 192 cm³/mol. The summed E-state index contributed by atoms with van der Waals surface area (Å²) in [5.74, 6) is -8.64. The van der Waals surface area contributed by atoms with Gasteiger partial charge in [0, 0.05) is 24.3 Å². The number of aromatic hydroxyl groups is 2. The van der Waals surface area contributed by atoms with Crippen LogP contribution in [-0.4, -0.2) is 136 Å². The highest BCUT2D eigenvalue weighted by atomic mass is 35.5. The Bertz CT molecular complexity index is 1860. The van der Waals surface area contributed by atoms with Crippen molar-refractivity contribution in [3.8, 4) is 28.7 Å². The van der Waals surface area contributed by atoms with Crippen LogP contribution in [0.4, 0.5) is 0 Å². The van der Waals surface area contributed by atoms with Crippen molar-refractivity contribution in [1.82, 2.24) is 4.90 Å². The van der Waals surface area contributed by atoms with E-state index in [1.54, 1.807) is 0 Å². The smallest absolute Gasteiger partial charge is 0.347 e. The summed E-state index contributed by atoms with van der Waals surface area (Å²) in [6, 6.07) is 1.13. The molecule has 2 aromatic rings. The zero-order chi connectivity index (χ0) is 40.9. The normalized spacial score (nSPS) is 20.9. The summed E-state index contributed by atoms with van der Waals surface area (Å²) in [6.45, 7) is 6.52. The number of carbonyl (C=O) groups is 5. The number of aliphatic hydroxyl groups excluding tert-OH is 2. The Kier molecular flexibility index (Phi) is 15.3. The molecule has 6 N–H and O–H groups in total. The van der Waals surface area contributed by atoms with Crippen LogP contribution in [0.5, 0.6) is 28.7 Å². The van der Waals surface area contributed by atoms with Crippen LogP contribution >= 0.6 is 12.4 Å². The molecule has 0 bridgehead atoms. The minimum Gasteiger partial charge on any atom is -0.507 e. The summed E-state index contributed by atoms with van der Waals surface area (Å²) < 4.78 is 38.9. The first-order valence-corrected chi connectivity index (χ1v) is 16.8. The van der Waals surface area contributed by atoms with Crippen molar-refractivity contribution in [2.45, 2.75) is 77.2 Å². The average Bonchev–Trinajstić information content (AvgIpc) is 3.51. The van der Waals surface area contributed by atoms with E-state index in [0.29, 0.717) is 18.8 Å². The highest BCUT2D eigenvalue weighted by Gasteiger charge is 2.57. The van der Waals surface area contributed by atoms with Crippen LogP contribution < -0.4 is 9.47 Å². The van der Waals surface area contributed by atoms with E-state index in [-0.39, 0.29) is 53.8 Å². The molecule has 3 heterocycles. The lowest BCUT2D eigenvalue weighted by Gasteiger charge is -2.28. The van der Waals surface area contributed by atoms with Crippen LogP contribution in [0.3, 0.4) is 0 Å². The fourth-order valence-electron chi connectivity index (χ4n) is 6.03. The Balaban J connectivity index is 0.000000328. The number of carboxylic acids is 2. The van der Waals surface area contributed by atoms with E-state index in [0.717, 1.165) is 19.0 Å². The Hall–Kier alpha value is -4.86. The fraction of sp³-hybridized carbons (Fsp3) is 0.472. The van der Waals surface area contributed by atoms with Gasteiger partial charge < -0.3 is 68.7 Å². The highest BCUT2D eigenvalue weighted by molar-refractivity contribution is 6.03. The first kappa shape index (κ1) is 45.5. The van der Waals surface area contributed by atoms with E-state index in [9.17, 15) is 44.4 Å². The van der Waals surface area contributed by atoms with Gasteiger partial charge in [0.25, 0.3) is 0 Å². The van der Waals surface area contributed by atoms with Crippen LogP contribution in [0.2, 0.25) is 0 Å². The number of phenols is 2. The van der Waals surface area contributed by atoms with Gasteiger partial charge in [0.15, 0.2) is 35.6 Å². The Morgan fingerprint density at radius 3 is 2.30 bits per heavy atom. The van der Waals surface area contributed by atoms with Crippen LogP contribution in [0.15, 0.2) is 18.2 Å². The number of esters is 2. The highest BCUT2D eigenvalue weighted by Crippen LogP contribution is 2.50. The van der Waals surface area contributed by atoms with E-state index < -0.39 is 101 Å². The average molecular weight is 814 g/mol. The number of carbonyl (C=O) groups excluding carboxylic acids is 3. The number of aromatic carboxylic acids is 1. The van der Waals surface area contributed by atoms with Crippen molar-refractivity contribution in [2.75, 3.05) is 33.9 Å². The summed E-state index contributed by atoms with van der Waals surface area (Å²) in [5, 5.41) is 57.9. The third-order valence-electron chi connectivity index (χ3n) is 8.52. The standard InChI is InChI=1S/C22H16O12.C14H27NO6.ClH/c1-8-5-12(24)10(6-23)19-15(8)22(31)34-20-11(7-32-14(27)4-3-13(25)26)17(28)16(21(29)30)9(2)18(20)33-19;1-14(2)20-12-11(18-7-5-6-15(3)4)10(9(17)8-16)19-13(12)21-14;/h3-6,24,28H,7H2,1-2H3,(H,25,26)(H,29,30);9-13,16-17H,5-8H2,1-4H3;1H. The zero-order valence-electron chi connectivity index (χ0n) is 31.2. The maximum atomic E-state index is 12.9. The Morgan fingerprint density at radius 1 is 1.04 bits per heavy atom. The predicted octanol–water partition coefficient (Wildman–Crippen LogP) is 2.21. The van der Waals surface area contributed by atoms with Gasteiger partial charge >= 0.3 is 23.9 Å². The number of phenolic OH excluding ortho intramolecular Hbond substituents is 1. The Morgan fingerprint density at radius 2 is 1.71 bits per heavy atom. The number of nitrogens with zero attached hydrogens (tertiary/aromatic N) is 1. The molecule has 0 spiro atoms. The van der Waals surface area contributed by atoms with Gasteiger partial charge in [-0.3, -0.25) is 4.79 Å². The van der Waals surface area contributed by atoms with Crippen molar-refractivity contribution < 1.29 is 87.8 Å². The SMILES string of the molecule is CN(C)CCCOC1C(C(O)CO)OC2OC(C)(C)OC21.Cc1cc(O)c(C=O)c2c1C(=O)Oc1c(COC(=O)C=CC(=O)O)c(O)c(C(=O)O)c(C)c1O2.Cl. The molecule has 2 saturated heterocycles. The van der Waals surface area contributed by atoms with Crippen molar-refractivity contribution in [3.05, 3.63) is 51.6 Å². The third-order valence-corrected chi connectivity index (χ3v) is 8.52. The van der Waals surface area contributed by atoms with Gasteiger partial charge in [0.2, 0.25) is 0 Å². The number of carboxylic acid groups (broad SMARTS) is 2. The topological polar surface area (TPSA) is 275 Å². The van der Waals surface area contributed by atoms with Crippen molar-refractivity contribution in [1.29, 1.82) is 0 Å². The molecule has 308 valence electrons. The molecule has 0 aliphatic carbocycles. The van der Waals surface area contributed by atoms with E-state index in [4.69, 9.17) is 43.4 Å². The molecule has 2 fully saturated rings. The van der Waals surface area contributed by atoms with Crippen LogP contribution in [0, 0.1) is 13.8 Å². The van der Waals surface area contributed by atoms with E-state index in [1.807, 2.05) is 27.9 Å². The molecule has 0 radical (unpaired) electrons. The molecule has 0 saturated carbocycles. The molecular weight excluding hydrogens is 770 g/mol. The van der Waals surface area contributed by atoms with E-state index in [1.165, 1.54) is 13.8 Å². The van der Waals surface area contributed by atoms with Gasteiger partial charge in [-0.15, -0.1) is 12.4 Å². The molecule has 3 aliphatic rings. The lowest BCUT2D eigenvalue weighted by Crippen LogP contribution is -2.44. The number of hydrogen-bond acceptors (Lipinski definition) is 17. The number of aliphatic carboxylic acids is 1. The zero-order valence-corrected chi connectivity index (χ0v) is 32.0. The maximum absolute atomic E-state index is 12.9. The molecule has 5 rings (SSSR count). The molecule has 3 aliphatic heterocycles. The molecule has 56 heavy (non-hydrogen) atoms. The second kappa shape index (κ2) is 18.9. The Labute approximate surface area is 326 Å². The maximum Gasteiger partial charge on any atom is 0.347 e. The summed E-state index contributed by atoms with van der Waals surface area (Å²) >= 11 is 0. The van der Waals surface area contributed by atoms with Gasteiger partial charge in [-0.2, -0.15) is 0 Å². The number of benzene rings is 2. The molecular formula is C36H44ClNO18. The molecule has 0 amide bonds. The number of ether oxygens (including phenoxy) is 7. The van der Waals surface area contributed by atoms with Gasteiger partial charge in [0.1, 0.15) is 53.6 Å². The van der Waals surface area contributed by atoms with E-state index >= 15 is 0 Å². The van der Waals surface area contributed by atoms with Crippen molar-refractivity contribution in [3.63, 3.8) is 0 Å². The summed E-state index contributed by atoms with van der Waals surface area (Å²) in [5.41, 5.74) is -1.80. The van der Waals surface area contributed by atoms with Crippen molar-refractivity contribution in [2.24, 2.45) is 0 Å². The largest absolute Gasteiger partial charge is 0.507 e. The molecule has 5 unspecified atom stereocenters. The van der Waals surface area contributed by atoms with Crippen LogP contribution in [0.1, 0.15) is 68.0 Å². The minimum absolute atomic E-state index is 0. The van der Waals surface area contributed by atoms with Gasteiger partial charge in [-0.05, 0) is 66.4 Å². The third kappa shape index (κ3) is 10.1. The number of fused-ring (bicyclic) bond motifs is 3. The molecule has 20 heteroatoms. The second-order valence-electron chi connectivity index (χ2n) is 13.3. The van der Waals surface area contributed by atoms with E-state index in [2.05, 4.69) is 4.90 Å². The molecule has 0 aromatic heterocycles. The molecule has 2 aromatic carbocycles. The number of halogens is 1. The van der Waals surface area contributed by atoms with Gasteiger partial charge in [-0.25, -0.2) is 19.2 Å². The number of aliphatic hydroxyl groups is 2. The number of rotatable bonds is 13. The van der Waals surface area contributed by atoms with Crippen molar-refractivity contribution >= 4 is 42.6 Å². The fourth-order valence-corrected chi connectivity index (χ4v) is 6.03. The van der Waals surface area contributed by atoms with Crippen LogP contribution in [0.25, 0.3) is 0 Å². The quantitative estimate of drug-likeness (QED) is 0.0556. The summed E-state index contributed by atoms with van der Waals surface area (Å²) in [6.07, 6.45) is -0.867. The lowest BCUT2D eigenvalue weighted by molar-refractivity contribution is -0.231. The molecule has 5 atom stereocenters. The monoisotopic (exact) mass is 813 g/mol. The van der Waals surface area contributed by atoms with Crippen LogP contribution in [-0.2, 0) is 39.9 Å². The first-order valence-electron chi connectivity index (χ1n) is 16.8. The minimum atomic E-state index is -1.60. The summed E-state index contributed by atoms with van der Waals surface area (Å²) in [4.78, 5) is 60.7. The number of aryl methyl sites for hydroxylation is 1. The molecule has 19 nitrogen and oxygen atoms in total. The lowest BCUT2D eigenvalue weighted by atomic mass is 10.0. The van der Waals surface area contributed by atoms with Gasteiger partial charge in [-0.1, -0.05) is 0 Å². The number of hydrogen-bond donors (Lipinski definition) is 6. The summed E-state index contributed by atoms with van der Waals surface area (Å²) in [7, 11) is 4.01. The van der Waals surface area contributed by atoms with Gasteiger partial charge in [0.05, 0.1) is 17.7 Å². The first-order chi connectivity index (χ1) is 25.8.